The van der Waals surface area contributed by atoms with Crippen molar-refractivity contribution in [3.8, 4) is 0 Å². The van der Waals surface area contributed by atoms with E-state index in [4.69, 9.17) is 15.6 Å². The van der Waals surface area contributed by atoms with Gasteiger partial charge in [0.2, 0.25) is 0 Å². The van der Waals surface area contributed by atoms with E-state index < -0.39 is 35.5 Å². The molecule has 0 unspecified atom stereocenters. The minimum absolute atomic E-state index is 0.469. The molecule has 0 spiro atoms. The van der Waals surface area contributed by atoms with Crippen molar-refractivity contribution in [3.63, 3.8) is 0 Å². The number of carbonyl (C=O) groups excluding carboxylic acids is 2. The molecule has 1 heterocycles. The first-order chi connectivity index (χ1) is 7.64. The second kappa shape index (κ2) is 3.33. The fourth-order valence-electron chi connectivity index (χ4n) is 0.909. The molecule has 0 radical (unpaired) electrons. The highest BCUT2D eigenvalue weighted by Crippen LogP contribution is 1.96. The Hall–Kier alpha value is -2.11. The van der Waals surface area contributed by atoms with E-state index in [9.17, 15) is 14.4 Å². The van der Waals surface area contributed by atoms with Crippen LogP contribution in [0.2, 0.25) is 0 Å². The number of hydrogen-bond acceptors (Lipinski definition) is 3. The predicted octanol–water partition coefficient (Wildman–Crippen LogP) is -1.42. The molecular weight excluding hydrogens is 186 g/mol. The number of nitrogens with zero attached hydrogens (tertiary/aromatic N) is 1. The zero-order chi connectivity index (χ0) is 13.4. The van der Waals surface area contributed by atoms with E-state index in [1.807, 2.05) is 0 Å². The molecule has 6 heteroatoms. The van der Waals surface area contributed by atoms with Gasteiger partial charge in [-0.1, -0.05) is 0 Å². The normalized spacial score (nSPS) is 13.9. The van der Waals surface area contributed by atoms with E-state index in [1.165, 1.54) is 0 Å². The maximum Gasteiger partial charge on any atom is 0.265 e. The summed E-state index contributed by atoms with van der Waals surface area (Å²) in [7, 11) is 0. The van der Waals surface area contributed by atoms with Gasteiger partial charge in [-0.15, -0.1) is 0 Å². The standard InChI is InChI=1S/C8H9N3O3/c1-11-3-4(7(9)13)6(12)2-5(11)8(10)14/h2-3H,1H3,(H2,9,13)(H2,10,14)/i1D3. The highest BCUT2D eigenvalue weighted by molar-refractivity contribution is 5.94. The molecule has 0 saturated heterocycles. The molecule has 0 atom stereocenters. The molecule has 0 saturated carbocycles. The molecule has 0 bridgehead atoms. The van der Waals surface area contributed by atoms with Crippen molar-refractivity contribution in [2.45, 2.75) is 0 Å². The Balaban J connectivity index is 3.66. The fourth-order valence-corrected chi connectivity index (χ4v) is 0.909. The molecule has 0 aromatic carbocycles. The number of aryl methyl sites for hydroxylation is 1. The first-order valence-electron chi connectivity index (χ1n) is 5.01. The van der Waals surface area contributed by atoms with Gasteiger partial charge in [-0.2, -0.15) is 0 Å². The Bertz CT molecular complexity index is 547. The lowest BCUT2D eigenvalue weighted by molar-refractivity contribution is 0.0980. The van der Waals surface area contributed by atoms with Crippen molar-refractivity contribution < 1.29 is 13.7 Å². The summed E-state index contributed by atoms with van der Waals surface area (Å²) in [6.45, 7) is -2.75. The van der Waals surface area contributed by atoms with Gasteiger partial charge in [-0.25, -0.2) is 0 Å². The van der Waals surface area contributed by atoms with Crippen LogP contribution in [0.5, 0.6) is 0 Å². The van der Waals surface area contributed by atoms with Gasteiger partial charge in [0.25, 0.3) is 11.8 Å². The number of nitrogens with two attached hydrogens (primary N) is 2. The molecule has 0 aliphatic carbocycles. The topological polar surface area (TPSA) is 108 Å². The summed E-state index contributed by atoms with van der Waals surface area (Å²) in [6, 6.07) is 0.675. The Morgan fingerprint density at radius 2 is 2.07 bits per heavy atom. The fraction of sp³-hybridized carbons (Fsp3) is 0.125. The smallest absolute Gasteiger partial charge is 0.265 e. The van der Waals surface area contributed by atoms with Gasteiger partial charge in [0, 0.05) is 23.4 Å². The van der Waals surface area contributed by atoms with Crippen LogP contribution in [-0.2, 0) is 6.98 Å². The van der Waals surface area contributed by atoms with Crippen molar-refractivity contribution in [2.24, 2.45) is 18.4 Å². The molecule has 74 valence electrons. The van der Waals surface area contributed by atoms with Crippen molar-refractivity contribution in [1.82, 2.24) is 4.57 Å². The highest BCUT2D eigenvalue weighted by atomic mass is 16.2. The molecule has 1 aromatic rings. The number of rotatable bonds is 2. The Labute approximate surface area is 83.3 Å². The van der Waals surface area contributed by atoms with Gasteiger partial charge in [0.1, 0.15) is 11.3 Å². The number of pyridine rings is 1. The number of carbonyl (C=O) groups is 2. The minimum atomic E-state index is -2.75. The Morgan fingerprint density at radius 1 is 1.43 bits per heavy atom. The second-order valence-electron chi connectivity index (χ2n) is 2.54. The quantitative estimate of drug-likeness (QED) is 0.608. The van der Waals surface area contributed by atoms with E-state index in [2.05, 4.69) is 0 Å². The van der Waals surface area contributed by atoms with Crippen LogP contribution < -0.4 is 16.9 Å². The maximum atomic E-state index is 11.4. The van der Waals surface area contributed by atoms with Crippen LogP contribution in [0.1, 0.15) is 25.0 Å². The predicted molar refractivity (Wildman–Crippen MR) is 48.7 cm³/mol. The number of primary amides is 2. The molecule has 0 aliphatic rings. The largest absolute Gasteiger partial charge is 0.365 e. The second-order valence-corrected chi connectivity index (χ2v) is 2.54. The molecule has 0 aliphatic heterocycles. The van der Waals surface area contributed by atoms with E-state index >= 15 is 0 Å². The van der Waals surface area contributed by atoms with Gasteiger partial charge >= 0.3 is 0 Å². The summed E-state index contributed by atoms with van der Waals surface area (Å²) in [5.41, 5.74) is 7.95. The van der Waals surface area contributed by atoms with Crippen molar-refractivity contribution in [3.05, 3.63) is 33.7 Å². The van der Waals surface area contributed by atoms with Crippen molar-refractivity contribution in [2.75, 3.05) is 0 Å². The minimum Gasteiger partial charge on any atom is -0.365 e. The first-order valence-corrected chi connectivity index (χ1v) is 3.51. The monoisotopic (exact) mass is 198 g/mol. The van der Waals surface area contributed by atoms with Gasteiger partial charge in [-0.3, -0.25) is 14.4 Å². The third-order valence-electron chi connectivity index (χ3n) is 1.57. The van der Waals surface area contributed by atoms with Gasteiger partial charge < -0.3 is 16.0 Å². The molecule has 4 N–H and O–H groups in total. The van der Waals surface area contributed by atoms with Crippen LogP contribution in [0, 0.1) is 0 Å². The highest BCUT2D eigenvalue weighted by Gasteiger charge is 2.11. The van der Waals surface area contributed by atoms with Crippen LogP contribution in [0.4, 0.5) is 0 Å². The summed E-state index contributed by atoms with van der Waals surface area (Å²) >= 11 is 0. The van der Waals surface area contributed by atoms with Gasteiger partial charge in [0.05, 0.1) is 0 Å². The summed E-state index contributed by atoms with van der Waals surface area (Å²) in [4.78, 5) is 33.2. The summed E-state index contributed by atoms with van der Waals surface area (Å²) in [5, 5.41) is 0. The summed E-state index contributed by atoms with van der Waals surface area (Å²) in [5.74, 6) is -2.17. The molecule has 2 amide bonds. The molecule has 1 aromatic heterocycles. The molecular formula is C8H9N3O3. The van der Waals surface area contributed by atoms with E-state index in [1.54, 1.807) is 0 Å². The number of amides is 2. The SMILES string of the molecule is [2H]C([2H])([2H])n1cc(C(N)=O)c(=O)cc1C(N)=O. The third-order valence-corrected chi connectivity index (χ3v) is 1.57. The van der Waals surface area contributed by atoms with E-state index in [0.29, 0.717) is 16.8 Å². The van der Waals surface area contributed by atoms with Crippen LogP contribution in [0.3, 0.4) is 0 Å². The Morgan fingerprint density at radius 3 is 2.50 bits per heavy atom. The number of hydrogen-bond donors (Lipinski definition) is 2. The van der Waals surface area contributed by atoms with Crippen LogP contribution in [0.15, 0.2) is 17.1 Å². The van der Waals surface area contributed by atoms with E-state index in [0.717, 1.165) is 0 Å². The van der Waals surface area contributed by atoms with E-state index in [-0.39, 0.29) is 0 Å². The summed E-state index contributed by atoms with van der Waals surface area (Å²) < 4.78 is 21.9. The van der Waals surface area contributed by atoms with Crippen molar-refractivity contribution >= 4 is 11.8 Å². The lowest BCUT2D eigenvalue weighted by Crippen LogP contribution is -2.27. The molecule has 0 fully saturated rings. The number of aromatic nitrogens is 1. The summed E-state index contributed by atoms with van der Waals surface area (Å²) in [6.07, 6.45) is 0.706. The maximum absolute atomic E-state index is 11.4. The van der Waals surface area contributed by atoms with Gasteiger partial charge in [-0.05, 0) is 0 Å². The van der Waals surface area contributed by atoms with Gasteiger partial charge in [0.15, 0.2) is 5.43 Å². The lowest BCUT2D eigenvalue weighted by atomic mass is 10.2. The zero-order valence-electron chi connectivity index (χ0n) is 9.98. The molecule has 6 nitrogen and oxygen atoms in total. The zero-order valence-corrected chi connectivity index (χ0v) is 6.98. The van der Waals surface area contributed by atoms with Crippen molar-refractivity contribution in [1.29, 1.82) is 0 Å². The van der Waals surface area contributed by atoms with Crippen LogP contribution >= 0.6 is 0 Å². The van der Waals surface area contributed by atoms with Crippen LogP contribution in [0.25, 0.3) is 0 Å². The molecule has 1 rings (SSSR count). The average Bonchev–Trinajstić information content (AvgIpc) is 2.14. The Kier molecular flexibility index (Phi) is 1.51. The lowest BCUT2D eigenvalue weighted by Gasteiger charge is -2.05. The first kappa shape index (κ1) is 6.36. The average molecular weight is 198 g/mol. The molecule has 14 heavy (non-hydrogen) atoms. The third kappa shape index (κ3) is 1.63. The van der Waals surface area contributed by atoms with Crippen LogP contribution in [-0.4, -0.2) is 16.4 Å².